The molecule has 0 unspecified atom stereocenters. The van der Waals surface area contributed by atoms with E-state index in [-0.39, 0.29) is 11.2 Å². The standard InChI is InChI=1S/C22H26N2O2S/c1-5-26-19-10-14(6-9-18(19)25)13-24-21-17(12-23)16-8-7-15(22(2,3)4)11-20(16)27-21/h6,9-10,13,15,25H,5,7-8,11H2,1-4H3/t15-/m1/s1. The quantitative estimate of drug-likeness (QED) is 0.697. The van der Waals surface area contributed by atoms with Gasteiger partial charge in [0, 0.05) is 11.1 Å². The van der Waals surface area contributed by atoms with Crippen LogP contribution < -0.4 is 4.74 Å². The minimum Gasteiger partial charge on any atom is -0.504 e. The van der Waals surface area contributed by atoms with E-state index in [0.717, 1.165) is 35.4 Å². The molecule has 0 fully saturated rings. The van der Waals surface area contributed by atoms with Crippen LogP contribution in [0.4, 0.5) is 5.00 Å². The normalized spacial score (nSPS) is 16.9. The molecule has 27 heavy (non-hydrogen) atoms. The maximum Gasteiger partial charge on any atom is 0.161 e. The van der Waals surface area contributed by atoms with Gasteiger partial charge in [0.2, 0.25) is 0 Å². The van der Waals surface area contributed by atoms with Gasteiger partial charge < -0.3 is 9.84 Å². The van der Waals surface area contributed by atoms with Crippen molar-refractivity contribution in [3.05, 3.63) is 39.8 Å². The Morgan fingerprint density at radius 3 is 2.85 bits per heavy atom. The van der Waals surface area contributed by atoms with Crippen molar-refractivity contribution in [1.29, 1.82) is 5.26 Å². The third kappa shape index (κ3) is 4.17. The van der Waals surface area contributed by atoms with Crippen molar-refractivity contribution < 1.29 is 9.84 Å². The second kappa shape index (κ2) is 7.74. The predicted molar refractivity (Wildman–Crippen MR) is 111 cm³/mol. The Balaban J connectivity index is 1.88. The van der Waals surface area contributed by atoms with Crippen LogP contribution in [0.15, 0.2) is 23.2 Å². The Bertz CT molecular complexity index is 900. The fourth-order valence-electron chi connectivity index (χ4n) is 3.53. The summed E-state index contributed by atoms with van der Waals surface area (Å²) >= 11 is 1.64. The summed E-state index contributed by atoms with van der Waals surface area (Å²) in [4.78, 5) is 5.91. The first kappa shape index (κ1) is 19.4. The Kier molecular flexibility index (Phi) is 5.57. The van der Waals surface area contributed by atoms with Gasteiger partial charge in [-0.3, -0.25) is 0 Å². The molecule has 2 aromatic rings. The molecule has 142 valence electrons. The minimum atomic E-state index is 0.117. The molecule has 0 amide bonds. The predicted octanol–water partition coefficient (Wildman–Crippen LogP) is 5.63. The van der Waals surface area contributed by atoms with Gasteiger partial charge in [-0.05, 0) is 66.8 Å². The summed E-state index contributed by atoms with van der Waals surface area (Å²) in [6, 6.07) is 7.52. The Morgan fingerprint density at radius 2 is 2.19 bits per heavy atom. The van der Waals surface area contributed by atoms with Crippen molar-refractivity contribution in [2.45, 2.75) is 47.0 Å². The molecule has 1 aliphatic carbocycles. The van der Waals surface area contributed by atoms with Crippen molar-refractivity contribution >= 4 is 22.6 Å². The molecular formula is C22H26N2O2S. The summed E-state index contributed by atoms with van der Waals surface area (Å²) in [5.74, 6) is 1.20. The highest BCUT2D eigenvalue weighted by Gasteiger charge is 2.32. The van der Waals surface area contributed by atoms with Gasteiger partial charge in [-0.15, -0.1) is 11.3 Å². The number of phenols is 1. The zero-order valence-corrected chi connectivity index (χ0v) is 17.2. The number of ether oxygens (including phenoxy) is 1. The summed E-state index contributed by atoms with van der Waals surface area (Å²) in [6.45, 7) is 9.24. The first-order valence-electron chi connectivity index (χ1n) is 9.38. The second-order valence-corrected chi connectivity index (χ2v) is 9.10. The van der Waals surface area contributed by atoms with Crippen LogP contribution in [0, 0.1) is 22.7 Å². The van der Waals surface area contributed by atoms with Crippen LogP contribution in [0.2, 0.25) is 0 Å². The number of phenolic OH excluding ortho intramolecular Hbond substituents is 1. The van der Waals surface area contributed by atoms with Gasteiger partial charge in [-0.25, -0.2) is 4.99 Å². The van der Waals surface area contributed by atoms with Crippen molar-refractivity contribution in [2.75, 3.05) is 6.61 Å². The highest BCUT2D eigenvalue weighted by atomic mass is 32.1. The summed E-state index contributed by atoms with van der Waals surface area (Å²) in [5.41, 5.74) is 3.02. The molecule has 0 aliphatic heterocycles. The zero-order valence-electron chi connectivity index (χ0n) is 16.4. The second-order valence-electron chi connectivity index (χ2n) is 8.02. The molecule has 3 rings (SSSR count). The lowest BCUT2D eigenvalue weighted by Crippen LogP contribution is -2.26. The van der Waals surface area contributed by atoms with E-state index < -0.39 is 0 Å². The summed E-state index contributed by atoms with van der Waals surface area (Å²) < 4.78 is 5.42. The van der Waals surface area contributed by atoms with Gasteiger partial charge >= 0.3 is 0 Å². The number of aliphatic imine (C=N–C) groups is 1. The lowest BCUT2D eigenvalue weighted by molar-refractivity contribution is 0.218. The first-order chi connectivity index (χ1) is 12.8. The number of hydrogen-bond acceptors (Lipinski definition) is 5. The number of nitriles is 1. The molecule has 0 bridgehead atoms. The minimum absolute atomic E-state index is 0.117. The van der Waals surface area contributed by atoms with E-state index in [4.69, 9.17) is 4.74 Å². The van der Waals surface area contributed by atoms with Crippen molar-refractivity contribution in [1.82, 2.24) is 0 Å². The third-order valence-electron chi connectivity index (χ3n) is 5.20. The maximum absolute atomic E-state index is 9.82. The van der Waals surface area contributed by atoms with Gasteiger partial charge in [0.15, 0.2) is 11.5 Å². The largest absolute Gasteiger partial charge is 0.504 e. The average molecular weight is 383 g/mol. The third-order valence-corrected chi connectivity index (χ3v) is 6.36. The fourth-order valence-corrected chi connectivity index (χ4v) is 4.75. The Labute approximate surface area is 165 Å². The van der Waals surface area contributed by atoms with Crippen molar-refractivity contribution in [2.24, 2.45) is 16.3 Å². The van der Waals surface area contributed by atoms with E-state index in [0.29, 0.717) is 18.3 Å². The summed E-state index contributed by atoms with van der Waals surface area (Å²) in [5, 5.41) is 20.3. The van der Waals surface area contributed by atoms with E-state index in [9.17, 15) is 10.4 Å². The summed E-state index contributed by atoms with van der Waals surface area (Å²) in [6.07, 6.45) is 4.85. The molecule has 0 spiro atoms. The molecule has 1 aromatic carbocycles. The number of nitrogens with zero attached hydrogens (tertiary/aromatic N) is 2. The van der Waals surface area contributed by atoms with Gasteiger partial charge in [-0.1, -0.05) is 20.8 Å². The lowest BCUT2D eigenvalue weighted by atomic mass is 9.72. The van der Waals surface area contributed by atoms with E-state index in [1.807, 2.05) is 6.92 Å². The smallest absolute Gasteiger partial charge is 0.161 e. The number of hydrogen-bond donors (Lipinski definition) is 1. The van der Waals surface area contributed by atoms with Crippen molar-refractivity contribution in [3.8, 4) is 17.6 Å². The topological polar surface area (TPSA) is 65.6 Å². The average Bonchev–Trinajstić information content (AvgIpc) is 2.98. The molecule has 1 aromatic heterocycles. The number of aromatic hydroxyl groups is 1. The lowest BCUT2D eigenvalue weighted by Gasteiger charge is -2.33. The molecule has 5 heteroatoms. The molecular weight excluding hydrogens is 356 g/mol. The van der Waals surface area contributed by atoms with Crippen LogP contribution in [-0.4, -0.2) is 17.9 Å². The van der Waals surface area contributed by atoms with Gasteiger partial charge in [0.25, 0.3) is 0 Å². The van der Waals surface area contributed by atoms with Crippen LogP contribution in [-0.2, 0) is 12.8 Å². The first-order valence-corrected chi connectivity index (χ1v) is 10.2. The number of thiophene rings is 1. The number of benzene rings is 1. The molecule has 1 atom stereocenters. The van der Waals surface area contributed by atoms with Crippen LogP contribution in [0.1, 0.15) is 55.7 Å². The van der Waals surface area contributed by atoms with E-state index >= 15 is 0 Å². The number of rotatable bonds is 4. The van der Waals surface area contributed by atoms with Crippen LogP contribution >= 0.6 is 11.3 Å². The molecule has 0 saturated carbocycles. The van der Waals surface area contributed by atoms with Gasteiger partial charge in [0.1, 0.15) is 11.1 Å². The van der Waals surface area contributed by atoms with Gasteiger partial charge in [-0.2, -0.15) is 5.26 Å². The zero-order chi connectivity index (χ0) is 19.6. The van der Waals surface area contributed by atoms with Crippen molar-refractivity contribution in [3.63, 3.8) is 0 Å². The Morgan fingerprint density at radius 1 is 1.41 bits per heavy atom. The Hall–Kier alpha value is -2.32. The van der Waals surface area contributed by atoms with E-state index in [2.05, 4.69) is 31.8 Å². The van der Waals surface area contributed by atoms with E-state index in [1.165, 1.54) is 10.4 Å². The molecule has 4 nitrogen and oxygen atoms in total. The molecule has 1 aliphatic rings. The molecule has 1 heterocycles. The fraction of sp³-hybridized carbons (Fsp3) is 0.455. The number of fused-ring (bicyclic) bond motifs is 1. The van der Waals surface area contributed by atoms with Crippen LogP contribution in [0.25, 0.3) is 0 Å². The highest BCUT2D eigenvalue weighted by molar-refractivity contribution is 7.16. The van der Waals surface area contributed by atoms with Crippen LogP contribution in [0.5, 0.6) is 11.5 Å². The summed E-state index contributed by atoms with van der Waals surface area (Å²) in [7, 11) is 0. The highest BCUT2D eigenvalue weighted by Crippen LogP contribution is 2.44. The molecule has 0 saturated heterocycles. The maximum atomic E-state index is 9.82. The van der Waals surface area contributed by atoms with Gasteiger partial charge in [0.05, 0.1) is 12.2 Å². The van der Waals surface area contributed by atoms with Crippen LogP contribution in [0.3, 0.4) is 0 Å². The van der Waals surface area contributed by atoms with E-state index in [1.54, 1.807) is 35.8 Å². The molecule has 0 radical (unpaired) electrons. The molecule has 1 N–H and O–H groups in total. The monoisotopic (exact) mass is 382 g/mol. The SMILES string of the molecule is CCOc1cc(C=Nc2sc3c(c2C#N)CC[C@@H](C(C)(C)C)C3)ccc1O.